The number of carboxylic acids is 1. The Morgan fingerprint density at radius 1 is 1.27 bits per heavy atom. The molecule has 0 heterocycles. The van der Waals surface area contributed by atoms with Crippen LogP contribution in [0.5, 0.6) is 0 Å². The number of aliphatic carboxylic acids is 1. The maximum absolute atomic E-state index is 12.0. The van der Waals surface area contributed by atoms with Crippen molar-refractivity contribution >= 4 is 11.8 Å². The predicted molar refractivity (Wildman–Crippen MR) is 93.7 cm³/mol. The molecule has 0 amide bonds. The quantitative estimate of drug-likeness (QED) is 0.753. The third-order valence-corrected chi connectivity index (χ3v) is 8.33. The number of carboxylic acid groups (broad SMARTS) is 1. The summed E-state index contributed by atoms with van der Waals surface area (Å²) in [4.78, 5) is 23.8. The molecule has 0 radical (unpaired) electrons. The minimum Gasteiger partial charge on any atom is -0.479 e. The van der Waals surface area contributed by atoms with E-state index in [1.165, 1.54) is 0 Å². The SMILES string of the molecule is C[C@@]12C(=CC(=O)C[C@@H]1C#N)C=C[C@@H]1[C@@H]2CC[C@@]2(C)[C@H]1CC[C@]2(O)C(=O)O. The minimum absolute atomic E-state index is 0.00823. The van der Waals surface area contributed by atoms with E-state index in [4.69, 9.17) is 0 Å². The van der Waals surface area contributed by atoms with E-state index in [1.54, 1.807) is 6.08 Å². The number of rotatable bonds is 1. The van der Waals surface area contributed by atoms with Crippen molar-refractivity contribution < 1.29 is 19.8 Å². The molecule has 0 unspecified atom stereocenters. The summed E-state index contributed by atoms with van der Waals surface area (Å²) in [5.41, 5.74) is -1.77. The fourth-order valence-electron chi connectivity index (χ4n) is 6.63. The van der Waals surface area contributed by atoms with E-state index >= 15 is 0 Å². The fraction of sp³-hybridized carbons (Fsp3) is 0.667. The Balaban J connectivity index is 1.79. The highest BCUT2D eigenvalue weighted by atomic mass is 16.4. The van der Waals surface area contributed by atoms with Crippen LogP contribution in [0.25, 0.3) is 0 Å². The molecule has 0 aliphatic heterocycles. The molecule has 5 nitrogen and oxygen atoms in total. The molecule has 0 saturated heterocycles. The van der Waals surface area contributed by atoms with E-state index in [0.29, 0.717) is 12.8 Å². The number of nitrogens with zero attached hydrogens (tertiary/aromatic N) is 1. The van der Waals surface area contributed by atoms with E-state index < -0.39 is 17.0 Å². The smallest absolute Gasteiger partial charge is 0.336 e. The van der Waals surface area contributed by atoms with Crippen molar-refractivity contribution in [3.8, 4) is 6.07 Å². The lowest BCUT2D eigenvalue weighted by atomic mass is 9.46. The largest absolute Gasteiger partial charge is 0.479 e. The van der Waals surface area contributed by atoms with Crippen molar-refractivity contribution in [2.75, 3.05) is 0 Å². The molecule has 138 valence electrons. The molecule has 0 aromatic carbocycles. The summed E-state index contributed by atoms with van der Waals surface area (Å²) in [7, 11) is 0. The number of allylic oxidation sites excluding steroid dienone is 4. The maximum atomic E-state index is 12.0. The summed E-state index contributed by atoms with van der Waals surface area (Å²) in [6.07, 6.45) is 8.39. The Hall–Kier alpha value is -1.93. The van der Waals surface area contributed by atoms with Crippen LogP contribution < -0.4 is 0 Å². The standard InChI is InChI=1S/C21H25NO4/c1-19-7-5-17-15(16(19)6-8-21(19,26)18(24)25)4-3-12-9-14(23)10-13(11-22)20(12,17)2/h3-4,9,13,15-17,26H,5-8,10H2,1-2H3,(H,24,25)/t13-,15+,16+,17+,19+,20-,21+/m1/s1. The van der Waals surface area contributed by atoms with Crippen molar-refractivity contribution in [2.24, 2.45) is 34.5 Å². The molecule has 2 N–H and O–H groups in total. The van der Waals surface area contributed by atoms with E-state index in [1.807, 2.05) is 13.0 Å². The third kappa shape index (κ3) is 1.89. The second-order valence-electron chi connectivity index (χ2n) is 9.04. The van der Waals surface area contributed by atoms with Crippen LogP contribution in [0.3, 0.4) is 0 Å². The Morgan fingerprint density at radius 2 is 1.96 bits per heavy atom. The van der Waals surface area contributed by atoms with Gasteiger partial charge in [-0.2, -0.15) is 5.26 Å². The van der Waals surface area contributed by atoms with Crippen LogP contribution in [0.2, 0.25) is 0 Å². The molecular weight excluding hydrogens is 330 g/mol. The zero-order chi connectivity index (χ0) is 18.9. The molecule has 2 fully saturated rings. The van der Waals surface area contributed by atoms with Crippen molar-refractivity contribution in [1.82, 2.24) is 0 Å². The monoisotopic (exact) mass is 355 g/mol. The lowest BCUT2D eigenvalue weighted by Gasteiger charge is -2.57. The average Bonchev–Trinajstić information content (AvgIpc) is 2.87. The fourth-order valence-corrected chi connectivity index (χ4v) is 6.63. The van der Waals surface area contributed by atoms with Gasteiger partial charge in [-0.15, -0.1) is 0 Å². The van der Waals surface area contributed by atoms with Gasteiger partial charge < -0.3 is 10.2 Å². The highest BCUT2D eigenvalue weighted by Crippen LogP contribution is 2.66. The lowest BCUT2D eigenvalue weighted by molar-refractivity contribution is -0.179. The average molecular weight is 355 g/mol. The molecule has 4 rings (SSSR count). The van der Waals surface area contributed by atoms with E-state index in [2.05, 4.69) is 19.1 Å². The number of nitriles is 1. The van der Waals surface area contributed by atoms with Crippen LogP contribution in [0.15, 0.2) is 23.8 Å². The molecular formula is C21H25NO4. The number of fused-ring (bicyclic) bond motifs is 5. The minimum atomic E-state index is -1.68. The van der Waals surface area contributed by atoms with Crippen LogP contribution in [-0.2, 0) is 9.59 Å². The van der Waals surface area contributed by atoms with Crippen LogP contribution in [0.1, 0.15) is 46.0 Å². The lowest BCUT2D eigenvalue weighted by Crippen LogP contribution is -2.57. The van der Waals surface area contributed by atoms with Gasteiger partial charge in [-0.1, -0.05) is 26.0 Å². The van der Waals surface area contributed by atoms with Crippen LogP contribution in [-0.4, -0.2) is 27.6 Å². The number of carbonyl (C=O) groups is 2. The molecule has 7 atom stereocenters. The first-order valence-corrected chi connectivity index (χ1v) is 9.47. The molecule has 0 spiro atoms. The van der Waals surface area contributed by atoms with Crippen molar-refractivity contribution in [3.63, 3.8) is 0 Å². The second kappa shape index (κ2) is 5.29. The van der Waals surface area contributed by atoms with Gasteiger partial charge in [0.2, 0.25) is 0 Å². The molecule has 0 bridgehead atoms. The Morgan fingerprint density at radius 3 is 2.62 bits per heavy atom. The van der Waals surface area contributed by atoms with Crippen LogP contribution in [0, 0.1) is 45.8 Å². The summed E-state index contributed by atoms with van der Waals surface area (Å²) in [5, 5.41) is 30.3. The first-order valence-electron chi connectivity index (χ1n) is 9.47. The summed E-state index contributed by atoms with van der Waals surface area (Å²) in [6, 6.07) is 2.37. The second-order valence-corrected chi connectivity index (χ2v) is 9.04. The first kappa shape index (κ1) is 17.5. The first-order chi connectivity index (χ1) is 12.2. The van der Waals surface area contributed by atoms with Crippen LogP contribution >= 0.6 is 0 Å². The molecule has 26 heavy (non-hydrogen) atoms. The van der Waals surface area contributed by atoms with E-state index in [0.717, 1.165) is 12.0 Å². The van der Waals surface area contributed by atoms with Gasteiger partial charge in [0.1, 0.15) is 0 Å². The van der Waals surface area contributed by atoms with Gasteiger partial charge in [-0.05, 0) is 55.1 Å². The molecule has 4 aliphatic rings. The molecule has 0 aromatic heterocycles. The van der Waals surface area contributed by atoms with Crippen molar-refractivity contribution in [3.05, 3.63) is 23.8 Å². The van der Waals surface area contributed by atoms with Crippen molar-refractivity contribution in [2.45, 2.75) is 51.6 Å². The van der Waals surface area contributed by atoms with Gasteiger partial charge in [-0.3, -0.25) is 4.79 Å². The van der Waals surface area contributed by atoms with Gasteiger partial charge in [0.25, 0.3) is 0 Å². The number of hydrogen-bond acceptors (Lipinski definition) is 4. The maximum Gasteiger partial charge on any atom is 0.336 e. The summed E-state index contributed by atoms with van der Waals surface area (Å²) in [5.74, 6) is -1.05. The summed E-state index contributed by atoms with van der Waals surface area (Å²) in [6.45, 7) is 4.02. The van der Waals surface area contributed by atoms with E-state index in [-0.39, 0.29) is 47.7 Å². The number of aliphatic hydroxyl groups is 1. The Bertz CT molecular complexity index is 792. The highest BCUT2D eigenvalue weighted by Gasteiger charge is 2.67. The van der Waals surface area contributed by atoms with Gasteiger partial charge in [0.15, 0.2) is 11.4 Å². The molecule has 4 aliphatic carbocycles. The number of carbonyl (C=O) groups excluding carboxylic acids is 1. The molecule has 0 aromatic rings. The topological polar surface area (TPSA) is 98.4 Å². The Labute approximate surface area is 153 Å². The van der Waals surface area contributed by atoms with Gasteiger partial charge >= 0.3 is 5.97 Å². The normalized spacial score (nSPS) is 49.5. The number of hydrogen-bond donors (Lipinski definition) is 2. The van der Waals surface area contributed by atoms with Gasteiger partial charge in [-0.25, -0.2) is 4.79 Å². The number of ketones is 1. The summed E-state index contributed by atoms with van der Waals surface area (Å²) < 4.78 is 0. The predicted octanol–water partition coefficient (Wildman–Crippen LogP) is 2.86. The summed E-state index contributed by atoms with van der Waals surface area (Å²) >= 11 is 0. The Kier molecular flexibility index (Phi) is 3.56. The molecule has 2 saturated carbocycles. The van der Waals surface area contributed by atoms with Gasteiger partial charge in [0.05, 0.1) is 12.0 Å². The third-order valence-electron chi connectivity index (χ3n) is 8.33. The highest BCUT2D eigenvalue weighted by molar-refractivity contribution is 5.93. The van der Waals surface area contributed by atoms with Gasteiger partial charge in [0, 0.05) is 17.3 Å². The zero-order valence-corrected chi connectivity index (χ0v) is 15.2. The molecule has 5 heteroatoms. The van der Waals surface area contributed by atoms with E-state index in [9.17, 15) is 25.1 Å². The zero-order valence-electron chi connectivity index (χ0n) is 15.2. The van der Waals surface area contributed by atoms with Crippen molar-refractivity contribution in [1.29, 1.82) is 5.26 Å². The van der Waals surface area contributed by atoms with Crippen LogP contribution in [0.4, 0.5) is 0 Å².